The molecule has 0 amide bonds. The van der Waals surface area contributed by atoms with Crippen LogP contribution >= 0.6 is 12.4 Å². The number of carbonyl (C=O) groups is 5. The van der Waals surface area contributed by atoms with Crippen molar-refractivity contribution in [3.05, 3.63) is 24.3 Å². The summed E-state index contributed by atoms with van der Waals surface area (Å²) in [6.45, 7) is 13.4. The Morgan fingerprint density at radius 2 is 1.69 bits per heavy atom. The van der Waals surface area contributed by atoms with Crippen molar-refractivity contribution in [2.75, 3.05) is 21.2 Å². The molecule has 3 heterocycles. The number of aldehydes is 1. The quantitative estimate of drug-likeness (QED) is 0.163. The minimum absolute atomic E-state index is 0. The summed E-state index contributed by atoms with van der Waals surface area (Å²) in [6, 6.07) is -0.796. The second-order valence-electron chi connectivity index (χ2n) is 16.8. The van der Waals surface area contributed by atoms with Crippen LogP contribution in [0.15, 0.2) is 24.3 Å². The number of esters is 3. The van der Waals surface area contributed by atoms with Crippen LogP contribution in [0.3, 0.4) is 0 Å². The van der Waals surface area contributed by atoms with Gasteiger partial charge in [-0.3, -0.25) is 19.2 Å². The van der Waals surface area contributed by atoms with Crippen LogP contribution in [0.5, 0.6) is 0 Å². The van der Waals surface area contributed by atoms with Crippen LogP contribution in [-0.4, -0.2) is 145 Å². The first kappa shape index (κ1) is 52.3. The van der Waals surface area contributed by atoms with E-state index in [4.69, 9.17) is 37.9 Å². The lowest BCUT2D eigenvalue weighted by Gasteiger charge is -2.50. The molecule has 0 spiro atoms. The first-order chi connectivity index (χ1) is 27.2. The molecule has 3 rings (SSSR count). The van der Waals surface area contributed by atoms with Crippen molar-refractivity contribution in [1.82, 2.24) is 4.90 Å². The second-order valence-corrected chi connectivity index (χ2v) is 16.8. The topological polar surface area (TPSA) is 203 Å². The van der Waals surface area contributed by atoms with Crippen LogP contribution in [-0.2, 0) is 61.9 Å². The Morgan fingerprint density at radius 1 is 1.02 bits per heavy atom. The van der Waals surface area contributed by atoms with Crippen molar-refractivity contribution in [2.45, 2.75) is 173 Å². The minimum Gasteiger partial charge on any atom is -0.462 e. The molecule has 0 radical (unpaired) electrons. The number of allylic oxidation sites excluding steroid dienone is 3. The highest BCUT2D eigenvalue weighted by atomic mass is 35.5. The molecule has 0 aromatic carbocycles. The SMILES string of the molecule is CO[C@@H]1[C@@H](O[C@@H]2O[C@H](C)[C@@H](O[C@H]3C[C@@](C)(O)[C@@H](OC(=O)CC(C)C)[C@H](C)O3)[C@@H](N(C)C)[C@H]2O)[C@@H](CC=O)C[C@@H](C)C(=O)C=CC=CC[C@@H](C)OC(=O)C[C@H]1OC(C)=O.Cl. The van der Waals surface area contributed by atoms with Crippen molar-refractivity contribution in [3.8, 4) is 0 Å². The number of aliphatic hydroxyl groups is 2. The van der Waals surface area contributed by atoms with Crippen LogP contribution in [0.25, 0.3) is 0 Å². The zero-order valence-corrected chi connectivity index (χ0v) is 37.2. The van der Waals surface area contributed by atoms with Gasteiger partial charge in [-0.1, -0.05) is 39.0 Å². The highest BCUT2D eigenvalue weighted by molar-refractivity contribution is 5.91. The van der Waals surface area contributed by atoms with Crippen molar-refractivity contribution in [3.63, 3.8) is 0 Å². The molecule has 2 fully saturated rings. The molecule has 15 atom stereocenters. The normalized spacial score (nSPS) is 37.7. The number of hydrogen-bond acceptors (Lipinski definition) is 16. The summed E-state index contributed by atoms with van der Waals surface area (Å²) in [5.74, 6) is -3.31. The number of halogens is 1. The summed E-state index contributed by atoms with van der Waals surface area (Å²) in [7, 11) is 4.82. The highest BCUT2D eigenvalue weighted by Crippen LogP contribution is 2.37. The lowest BCUT2D eigenvalue weighted by molar-refractivity contribution is -0.344. The van der Waals surface area contributed by atoms with Crippen LogP contribution in [0, 0.1) is 17.8 Å². The largest absolute Gasteiger partial charge is 0.462 e. The summed E-state index contributed by atoms with van der Waals surface area (Å²) in [5, 5.41) is 23.5. The number of nitrogens with zero attached hydrogens (tertiary/aromatic N) is 1. The Labute approximate surface area is 355 Å². The standard InChI is InChI=1S/C42H67NO15.ClH/c1-23(2)19-32(47)56-40-27(6)53-34(22-42(40,8)50)57-37-26(5)54-41(36(49)35(37)43(9)10)58-38-29(17-18-44)20-24(3)30(46)16-14-12-13-15-25(4)52-33(48)21-31(39(38)51-11)55-28(7)45;/h12-14,16,18,23-27,29,31,34-41,49-50H,15,17,19-22H2,1-11H3;1H/t24-,25-,26-,27+,29+,31-,34+,35+,36-,37-,38+,39+,40+,41+,42-;/m1./s1. The third-order valence-electron chi connectivity index (χ3n) is 10.8. The Bertz CT molecular complexity index is 1440. The van der Waals surface area contributed by atoms with Gasteiger partial charge in [-0.25, -0.2) is 0 Å². The van der Waals surface area contributed by atoms with Gasteiger partial charge in [0.25, 0.3) is 0 Å². The van der Waals surface area contributed by atoms with Gasteiger partial charge in [0.15, 0.2) is 24.5 Å². The number of ketones is 1. The van der Waals surface area contributed by atoms with E-state index in [9.17, 15) is 34.2 Å². The summed E-state index contributed by atoms with van der Waals surface area (Å²) >= 11 is 0. The molecule has 3 aliphatic rings. The number of rotatable bonds is 12. The van der Waals surface area contributed by atoms with Gasteiger partial charge in [0.2, 0.25) is 0 Å². The number of carbonyl (C=O) groups excluding carboxylic acids is 5. The van der Waals surface area contributed by atoms with Gasteiger partial charge in [-0.15, -0.1) is 12.4 Å². The fourth-order valence-electron chi connectivity index (χ4n) is 7.98. The first-order valence-electron chi connectivity index (χ1n) is 20.3. The van der Waals surface area contributed by atoms with Crippen LogP contribution in [0.1, 0.15) is 93.9 Å². The molecular weight excluding hydrogens is 794 g/mol. The maximum Gasteiger partial charge on any atom is 0.309 e. The third kappa shape index (κ3) is 15.3. The predicted octanol–water partition coefficient (Wildman–Crippen LogP) is 3.64. The first-order valence-corrected chi connectivity index (χ1v) is 20.3. The van der Waals surface area contributed by atoms with Crippen molar-refractivity contribution < 1.29 is 72.1 Å². The molecule has 2 N–H and O–H groups in total. The highest BCUT2D eigenvalue weighted by Gasteiger charge is 2.53. The van der Waals surface area contributed by atoms with Gasteiger partial charge >= 0.3 is 17.9 Å². The molecule has 17 heteroatoms. The van der Waals surface area contributed by atoms with Gasteiger partial charge in [-0.2, -0.15) is 0 Å². The fraction of sp³-hybridized carbons (Fsp3) is 0.786. The molecule has 0 aromatic rings. The third-order valence-corrected chi connectivity index (χ3v) is 10.8. The molecule has 0 aromatic heterocycles. The smallest absolute Gasteiger partial charge is 0.309 e. The molecule has 0 unspecified atom stereocenters. The van der Waals surface area contributed by atoms with E-state index in [-0.39, 0.29) is 49.8 Å². The molecule has 16 nitrogen and oxygen atoms in total. The molecular formula is C42H68ClNO15. The van der Waals surface area contributed by atoms with Crippen LogP contribution in [0.4, 0.5) is 0 Å². The van der Waals surface area contributed by atoms with Crippen LogP contribution in [0.2, 0.25) is 0 Å². The zero-order chi connectivity index (χ0) is 43.5. The van der Waals surface area contributed by atoms with Gasteiger partial charge in [0, 0.05) is 45.6 Å². The monoisotopic (exact) mass is 861 g/mol. The lowest BCUT2D eigenvalue weighted by Crippen LogP contribution is -2.66. The summed E-state index contributed by atoms with van der Waals surface area (Å²) in [6.07, 6.45) is -4.02. The second kappa shape index (κ2) is 24.0. The zero-order valence-electron chi connectivity index (χ0n) is 36.3. The van der Waals surface area contributed by atoms with Crippen molar-refractivity contribution >= 4 is 42.4 Å². The van der Waals surface area contributed by atoms with E-state index in [1.54, 1.807) is 71.8 Å². The molecule has 3 aliphatic heterocycles. The number of aliphatic hydroxyl groups excluding tert-OH is 1. The molecule has 0 bridgehead atoms. The van der Waals surface area contributed by atoms with Gasteiger partial charge in [-0.05, 0) is 66.1 Å². The van der Waals surface area contributed by atoms with Crippen molar-refractivity contribution in [2.24, 2.45) is 17.8 Å². The van der Waals surface area contributed by atoms with Gasteiger partial charge < -0.3 is 57.8 Å². The molecule has 338 valence electrons. The number of likely N-dealkylation sites (N-methyl/N-ethyl adjacent to an activating group) is 1. The number of hydrogen-bond donors (Lipinski definition) is 2. The number of cyclic esters (lactones) is 1. The molecule has 59 heavy (non-hydrogen) atoms. The van der Waals surface area contributed by atoms with E-state index in [2.05, 4.69) is 0 Å². The van der Waals surface area contributed by atoms with E-state index in [1.165, 1.54) is 20.1 Å². The Hall–Kier alpha value is -2.80. The Kier molecular flexibility index (Phi) is 21.3. The summed E-state index contributed by atoms with van der Waals surface area (Å²) in [4.78, 5) is 65.4. The number of ether oxygens (including phenoxy) is 8. The summed E-state index contributed by atoms with van der Waals surface area (Å²) in [5.41, 5.74) is -1.51. The summed E-state index contributed by atoms with van der Waals surface area (Å²) < 4.78 is 48.4. The van der Waals surface area contributed by atoms with E-state index in [1.807, 2.05) is 13.8 Å². The van der Waals surface area contributed by atoms with Gasteiger partial charge in [0.05, 0.1) is 30.8 Å². The average molecular weight is 862 g/mol. The maximum absolute atomic E-state index is 13.2. The van der Waals surface area contributed by atoms with E-state index >= 15 is 0 Å². The molecule has 0 saturated carbocycles. The molecule has 0 aliphatic carbocycles. The Balaban J connectivity index is 0.0000120. The Morgan fingerprint density at radius 3 is 2.27 bits per heavy atom. The van der Waals surface area contributed by atoms with Gasteiger partial charge in [0.1, 0.15) is 42.4 Å². The van der Waals surface area contributed by atoms with E-state index in [0.29, 0.717) is 12.7 Å². The van der Waals surface area contributed by atoms with E-state index in [0.717, 1.165) is 0 Å². The van der Waals surface area contributed by atoms with Crippen LogP contribution < -0.4 is 0 Å². The number of methoxy groups -OCH3 is 1. The average Bonchev–Trinajstić information content (AvgIpc) is 3.09. The fourth-order valence-corrected chi connectivity index (χ4v) is 7.98. The van der Waals surface area contributed by atoms with E-state index < -0.39 is 115 Å². The predicted molar refractivity (Wildman–Crippen MR) is 216 cm³/mol. The lowest BCUT2D eigenvalue weighted by atomic mass is 9.83. The minimum atomic E-state index is -1.51. The molecule has 2 saturated heterocycles. The van der Waals surface area contributed by atoms with Crippen molar-refractivity contribution in [1.29, 1.82) is 0 Å². The maximum atomic E-state index is 13.2.